The third kappa shape index (κ3) is 65.1. The van der Waals surface area contributed by atoms with Crippen LogP contribution in [0, 0.1) is 23.7 Å². The quantitative estimate of drug-likeness (QED) is 0.0222. The van der Waals surface area contributed by atoms with Crippen LogP contribution < -0.4 is 0 Å². The molecule has 17 nitrogen and oxygen atoms in total. The number of aliphatic hydroxyl groups is 1. The molecule has 0 aromatic carbocycles. The first-order valence-electron chi connectivity index (χ1n) is 37.2. The van der Waals surface area contributed by atoms with Gasteiger partial charge in [0.25, 0.3) is 0 Å². The summed E-state index contributed by atoms with van der Waals surface area (Å²) >= 11 is 0. The third-order valence-electron chi connectivity index (χ3n) is 16.9. The maximum absolute atomic E-state index is 13.0. The molecule has 0 spiro atoms. The lowest BCUT2D eigenvalue weighted by atomic mass is 9.99. The van der Waals surface area contributed by atoms with Crippen LogP contribution in [-0.2, 0) is 65.4 Å². The maximum Gasteiger partial charge on any atom is 0.472 e. The van der Waals surface area contributed by atoms with Crippen molar-refractivity contribution in [1.82, 2.24) is 0 Å². The predicted molar refractivity (Wildman–Crippen MR) is 367 cm³/mol. The summed E-state index contributed by atoms with van der Waals surface area (Å²) in [5, 5.41) is 10.6. The fourth-order valence-corrected chi connectivity index (χ4v) is 12.4. The Hall–Kier alpha value is -1.94. The molecule has 0 rings (SSSR count). The van der Waals surface area contributed by atoms with Crippen molar-refractivity contribution in [2.75, 3.05) is 39.6 Å². The van der Waals surface area contributed by atoms with Crippen LogP contribution in [0.3, 0.4) is 0 Å². The number of hydrogen-bond donors (Lipinski definition) is 3. The Balaban J connectivity index is 5.22. The van der Waals surface area contributed by atoms with E-state index in [1.807, 2.05) is 0 Å². The normalized spacial score (nSPS) is 14.5. The van der Waals surface area contributed by atoms with Crippen LogP contribution in [0.2, 0.25) is 0 Å². The number of hydrogen-bond acceptors (Lipinski definition) is 15. The Labute approximate surface area is 556 Å². The molecular weight excluding hydrogens is 1200 g/mol. The van der Waals surface area contributed by atoms with Crippen LogP contribution in [-0.4, -0.2) is 96.7 Å². The summed E-state index contributed by atoms with van der Waals surface area (Å²) in [6, 6.07) is 0. The Bertz CT molecular complexity index is 1800. The summed E-state index contributed by atoms with van der Waals surface area (Å²) in [5.74, 6) is 0.869. The number of unbranched alkanes of at least 4 members (excludes halogenated alkanes) is 34. The second-order valence-electron chi connectivity index (χ2n) is 27.6. The lowest BCUT2D eigenvalue weighted by Crippen LogP contribution is -2.30. The van der Waals surface area contributed by atoms with Gasteiger partial charge < -0.3 is 33.8 Å². The molecule has 0 saturated carbocycles. The Kier molecular flexibility index (Phi) is 60.3. The van der Waals surface area contributed by atoms with Crippen LogP contribution in [0.4, 0.5) is 0 Å². The van der Waals surface area contributed by atoms with Gasteiger partial charge in [0.05, 0.1) is 26.4 Å². The molecule has 0 aliphatic rings. The van der Waals surface area contributed by atoms with E-state index < -0.39 is 97.5 Å². The summed E-state index contributed by atoms with van der Waals surface area (Å²) in [5.41, 5.74) is 0. The highest BCUT2D eigenvalue weighted by Crippen LogP contribution is 2.45. The number of rotatable bonds is 69. The average Bonchev–Trinajstić information content (AvgIpc) is 3.39. The summed E-state index contributed by atoms with van der Waals surface area (Å²) < 4.78 is 68.3. The number of aliphatic hydroxyl groups excluding tert-OH is 1. The fraction of sp³-hybridized carbons (Fsp3) is 0.944. The second kappa shape index (κ2) is 61.6. The number of phosphoric ester groups is 2. The third-order valence-corrected chi connectivity index (χ3v) is 18.8. The topological polar surface area (TPSA) is 237 Å². The van der Waals surface area contributed by atoms with Crippen LogP contribution in [0.25, 0.3) is 0 Å². The number of carbonyl (C=O) groups is 4. The van der Waals surface area contributed by atoms with Crippen molar-refractivity contribution in [3.8, 4) is 0 Å². The highest BCUT2D eigenvalue weighted by molar-refractivity contribution is 7.47. The zero-order chi connectivity index (χ0) is 67.5. The molecule has 19 heteroatoms. The molecule has 6 atom stereocenters. The van der Waals surface area contributed by atoms with Crippen molar-refractivity contribution in [1.29, 1.82) is 0 Å². The first-order valence-corrected chi connectivity index (χ1v) is 40.2. The van der Waals surface area contributed by atoms with E-state index in [-0.39, 0.29) is 25.7 Å². The van der Waals surface area contributed by atoms with Gasteiger partial charge in [-0.25, -0.2) is 9.13 Å². The Morgan fingerprint density at radius 1 is 0.308 bits per heavy atom. The standard InChI is InChI=1S/C72H140O17P2/c1-9-65(8)51-43-35-27-20-22-30-39-47-55-72(77)89-67(58-82-69(74)52-44-36-28-18-16-14-12-10-11-13-15-17-24-32-40-48-62(2)3)60-86-90(78,79)84-56-66(73)57-85-91(80,81)87-61-68(59-83-70(75)53-45-37-31-23-26-34-42-50-64(6)7)88-71(76)54-46-38-29-21-19-25-33-41-49-63(4)5/h62-68,73H,9-61H2,1-8H3,(H,78,79)(H,80,81)/t65?,66?,67-,68-/m1/s1. The molecule has 0 amide bonds. The number of carbonyl (C=O) groups excluding carboxylic acids is 4. The van der Waals surface area contributed by atoms with Gasteiger partial charge >= 0.3 is 39.5 Å². The molecule has 0 saturated heterocycles. The zero-order valence-corrected chi connectivity index (χ0v) is 61.3. The minimum atomic E-state index is -4.95. The maximum atomic E-state index is 13.0. The molecule has 4 unspecified atom stereocenters. The minimum absolute atomic E-state index is 0.103. The average molecular weight is 1340 g/mol. The van der Waals surface area contributed by atoms with E-state index in [1.165, 1.54) is 154 Å². The number of phosphoric acid groups is 2. The SMILES string of the molecule is CCC(C)CCCCCCCCCCC(=O)O[C@H](COC(=O)CCCCCCCCCCCCCCCCCC(C)C)COP(=O)(O)OCC(O)COP(=O)(O)OC[C@@H](COC(=O)CCCCCCCCCC(C)C)OC(=O)CCCCCCCCCCC(C)C. The van der Waals surface area contributed by atoms with Crippen LogP contribution in [0.1, 0.15) is 357 Å². The van der Waals surface area contributed by atoms with Crippen molar-refractivity contribution in [3.63, 3.8) is 0 Å². The van der Waals surface area contributed by atoms with E-state index in [0.29, 0.717) is 31.6 Å². The molecule has 0 aliphatic heterocycles. The van der Waals surface area contributed by atoms with Gasteiger partial charge in [0.15, 0.2) is 12.2 Å². The minimum Gasteiger partial charge on any atom is -0.462 e. The highest BCUT2D eigenvalue weighted by atomic mass is 31.2. The van der Waals surface area contributed by atoms with E-state index in [0.717, 1.165) is 114 Å². The number of esters is 4. The first-order chi connectivity index (χ1) is 43.6. The molecule has 3 N–H and O–H groups in total. The van der Waals surface area contributed by atoms with Gasteiger partial charge in [-0.2, -0.15) is 0 Å². The monoisotopic (exact) mass is 1340 g/mol. The van der Waals surface area contributed by atoms with Crippen molar-refractivity contribution < 1.29 is 80.2 Å². The van der Waals surface area contributed by atoms with Gasteiger partial charge in [-0.15, -0.1) is 0 Å². The van der Waals surface area contributed by atoms with E-state index in [2.05, 4.69) is 55.4 Å². The van der Waals surface area contributed by atoms with Gasteiger partial charge in [-0.05, 0) is 49.4 Å². The van der Waals surface area contributed by atoms with Gasteiger partial charge in [0.2, 0.25) is 0 Å². The second-order valence-corrected chi connectivity index (χ2v) is 30.6. The van der Waals surface area contributed by atoms with E-state index in [1.54, 1.807) is 0 Å². The predicted octanol–water partition coefficient (Wildman–Crippen LogP) is 20.5. The van der Waals surface area contributed by atoms with Crippen molar-refractivity contribution >= 4 is 39.5 Å². The molecule has 0 aromatic rings. The molecule has 0 fully saturated rings. The Morgan fingerprint density at radius 2 is 0.527 bits per heavy atom. The van der Waals surface area contributed by atoms with Gasteiger partial charge in [-0.3, -0.25) is 37.3 Å². The zero-order valence-electron chi connectivity index (χ0n) is 59.5. The molecular formula is C72H140O17P2. The lowest BCUT2D eigenvalue weighted by Gasteiger charge is -2.21. The molecule has 0 aromatic heterocycles. The Morgan fingerprint density at radius 3 is 0.780 bits per heavy atom. The van der Waals surface area contributed by atoms with Gasteiger partial charge in [0.1, 0.15) is 19.3 Å². The first kappa shape index (κ1) is 89.1. The summed E-state index contributed by atoms with van der Waals surface area (Å²) in [6.07, 6.45) is 44.6. The van der Waals surface area contributed by atoms with E-state index in [4.69, 9.17) is 37.0 Å². The largest absolute Gasteiger partial charge is 0.472 e. The highest BCUT2D eigenvalue weighted by Gasteiger charge is 2.30. The van der Waals surface area contributed by atoms with Crippen molar-refractivity contribution in [2.24, 2.45) is 23.7 Å². The fourth-order valence-electron chi connectivity index (χ4n) is 10.8. The van der Waals surface area contributed by atoms with Crippen molar-refractivity contribution in [2.45, 2.75) is 375 Å². The summed E-state index contributed by atoms with van der Waals surface area (Å²) in [4.78, 5) is 72.6. The van der Waals surface area contributed by atoms with E-state index in [9.17, 15) is 43.2 Å². The van der Waals surface area contributed by atoms with Crippen LogP contribution in [0.5, 0.6) is 0 Å². The van der Waals surface area contributed by atoms with Crippen molar-refractivity contribution in [3.05, 3.63) is 0 Å². The molecule has 0 heterocycles. The van der Waals surface area contributed by atoms with Gasteiger partial charge in [0, 0.05) is 25.7 Å². The van der Waals surface area contributed by atoms with Crippen LogP contribution >= 0.6 is 15.6 Å². The summed E-state index contributed by atoms with van der Waals surface area (Å²) in [6.45, 7) is 14.1. The van der Waals surface area contributed by atoms with Gasteiger partial charge in [-0.1, -0.05) is 306 Å². The smallest absolute Gasteiger partial charge is 0.462 e. The summed E-state index contributed by atoms with van der Waals surface area (Å²) in [7, 11) is -9.90. The van der Waals surface area contributed by atoms with E-state index >= 15 is 0 Å². The molecule has 0 radical (unpaired) electrons. The molecule has 540 valence electrons. The number of ether oxygens (including phenoxy) is 4. The molecule has 91 heavy (non-hydrogen) atoms. The molecule has 0 bridgehead atoms. The van der Waals surface area contributed by atoms with Crippen LogP contribution in [0.15, 0.2) is 0 Å². The lowest BCUT2D eigenvalue weighted by molar-refractivity contribution is -0.161. The molecule has 0 aliphatic carbocycles.